The van der Waals surface area contributed by atoms with E-state index in [0.717, 1.165) is 17.2 Å². The summed E-state index contributed by atoms with van der Waals surface area (Å²) in [5.74, 6) is 2.14. The molecule has 0 radical (unpaired) electrons. The molecule has 0 unspecified atom stereocenters. The minimum atomic E-state index is 0.598. The zero-order valence-electron chi connectivity index (χ0n) is 7.83. The van der Waals surface area contributed by atoms with Crippen LogP contribution < -0.4 is 0 Å². The van der Waals surface area contributed by atoms with E-state index in [1.165, 1.54) is 12.7 Å². The van der Waals surface area contributed by atoms with Crippen molar-refractivity contribution in [3.05, 3.63) is 36.2 Å². The van der Waals surface area contributed by atoms with Crippen molar-refractivity contribution in [2.24, 2.45) is 20.0 Å². The molecule has 5 nitrogen and oxygen atoms in total. The van der Waals surface area contributed by atoms with Gasteiger partial charge in [-0.3, -0.25) is 0 Å². The van der Waals surface area contributed by atoms with Crippen molar-refractivity contribution >= 4 is 24.5 Å². The Kier molecular flexibility index (Phi) is 1.53. The Bertz CT molecular complexity index is 514. The number of guanidine groups is 1. The molecule has 0 atom stereocenters. The van der Waals surface area contributed by atoms with E-state index in [0.29, 0.717) is 5.96 Å². The van der Waals surface area contributed by atoms with Crippen LogP contribution >= 0.6 is 0 Å². The Balaban J connectivity index is 2.20. The Labute approximate surface area is 86.3 Å². The van der Waals surface area contributed by atoms with E-state index < -0.39 is 0 Å². The van der Waals surface area contributed by atoms with Gasteiger partial charge in [0.05, 0.1) is 0 Å². The molecular weight excluding hydrogens is 190 g/mol. The molecule has 0 amide bonds. The van der Waals surface area contributed by atoms with Crippen LogP contribution in [-0.4, -0.2) is 29.4 Å². The van der Waals surface area contributed by atoms with Gasteiger partial charge in [-0.2, -0.15) is 0 Å². The fraction of sp³-hybridized carbons (Fsp3) is 0. The lowest BCUT2D eigenvalue weighted by Gasteiger charge is -2.29. The second kappa shape index (κ2) is 2.84. The minimum absolute atomic E-state index is 0.598. The minimum Gasteiger partial charge on any atom is -0.246 e. The van der Waals surface area contributed by atoms with Crippen LogP contribution in [0.3, 0.4) is 0 Å². The molecule has 0 bridgehead atoms. The van der Waals surface area contributed by atoms with Gasteiger partial charge in [0.15, 0.2) is 0 Å². The highest BCUT2D eigenvalue weighted by Gasteiger charge is 2.27. The maximum Gasteiger partial charge on any atom is 0.240 e. The zero-order chi connectivity index (χ0) is 10.3. The van der Waals surface area contributed by atoms with Gasteiger partial charge in [0.1, 0.15) is 24.3 Å². The van der Waals surface area contributed by atoms with Crippen LogP contribution in [-0.2, 0) is 0 Å². The van der Waals surface area contributed by atoms with E-state index in [2.05, 4.69) is 26.5 Å². The first kappa shape index (κ1) is 8.05. The van der Waals surface area contributed by atoms with Crippen LogP contribution in [0.15, 0.2) is 56.2 Å². The number of rotatable bonds is 1. The Morgan fingerprint density at radius 1 is 1.13 bits per heavy atom. The highest BCUT2D eigenvalue weighted by Crippen LogP contribution is 2.22. The van der Waals surface area contributed by atoms with Gasteiger partial charge in [-0.1, -0.05) is 12.7 Å². The molecule has 72 valence electrons. The first-order valence-corrected chi connectivity index (χ1v) is 4.45. The number of nitrogens with zero attached hydrogens (tertiary/aromatic N) is 5. The summed E-state index contributed by atoms with van der Waals surface area (Å²) in [4.78, 5) is 18.2. The van der Waals surface area contributed by atoms with Crippen LogP contribution in [0.2, 0.25) is 0 Å². The van der Waals surface area contributed by atoms with Gasteiger partial charge in [-0.25, -0.2) is 24.9 Å². The predicted molar refractivity (Wildman–Crippen MR) is 60.1 cm³/mol. The SMILES string of the molecule is C=CC1=CC2=NC=NC3=NC=NC(=C1)N23. The number of aliphatic imine (C=N–C) groups is 4. The van der Waals surface area contributed by atoms with Crippen LogP contribution in [0.4, 0.5) is 0 Å². The molecule has 3 rings (SSSR count). The fourth-order valence-electron chi connectivity index (χ4n) is 1.53. The van der Waals surface area contributed by atoms with Crippen molar-refractivity contribution < 1.29 is 0 Å². The van der Waals surface area contributed by atoms with Gasteiger partial charge in [-0.15, -0.1) is 0 Å². The van der Waals surface area contributed by atoms with Crippen molar-refractivity contribution in [2.45, 2.75) is 0 Å². The molecule has 0 spiro atoms. The molecule has 0 saturated carbocycles. The molecular formula is C10H7N5. The van der Waals surface area contributed by atoms with E-state index in [1.807, 2.05) is 12.2 Å². The van der Waals surface area contributed by atoms with E-state index in [-0.39, 0.29) is 0 Å². The first-order valence-electron chi connectivity index (χ1n) is 4.45. The zero-order valence-corrected chi connectivity index (χ0v) is 7.83. The average Bonchev–Trinajstić information content (AvgIpc) is 2.29. The standard InChI is InChI=1S/C10H7N5/c1-2-7-3-8-11-5-13-10-14-6-12-9(4-7)15(8)10/h2-6H,1H2. The summed E-state index contributed by atoms with van der Waals surface area (Å²) >= 11 is 0. The van der Waals surface area contributed by atoms with Crippen molar-refractivity contribution in [2.75, 3.05) is 0 Å². The summed E-state index contributed by atoms with van der Waals surface area (Å²) in [5.41, 5.74) is 0.980. The summed E-state index contributed by atoms with van der Waals surface area (Å²) < 4.78 is 0. The summed E-state index contributed by atoms with van der Waals surface area (Å²) in [7, 11) is 0. The maximum absolute atomic E-state index is 4.16. The molecule has 3 heterocycles. The van der Waals surface area contributed by atoms with Crippen molar-refractivity contribution in [3.8, 4) is 0 Å². The van der Waals surface area contributed by atoms with Gasteiger partial charge in [-0.05, 0) is 17.7 Å². The third-order valence-electron chi connectivity index (χ3n) is 2.21. The van der Waals surface area contributed by atoms with Gasteiger partial charge in [0.2, 0.25) is 5.96 Å². The quantitative estimate of drug-likeness (QED) is 0.620. The summed E-state index contributed by atoms with van der Waals surface area (Å²) in [6.45, 7) is 3.73. The van der Waals surface area contributed by atoms with Crippen molar-refractivity contribution in [3.63, 3.8) is 0 Å². The molecule has 0 fully saturated rings. The van der Waals surface area contributed by atoms with E-state index in [1.54, 1.807) is 11.0 Å². The summed E-state index contributed by atoms with van der Waals surface area (Å²) in [5, 5.41) is 0. The molecule has 0 aromatic carbocycles. The number of hydrogen-bond donors (Lipinski definition) is 0. The van der Waals surface area contributed by atoms with Gasteiger partial charge in [0, 0.05) is 0 Å². The van der Waals surface area contributed by atoms with Crippen LogP contribution in [0, 0.1) is 0 Å². The highest BCUT2D eigenvalue weighted by atomic mass is 15.4. The first-order chi connectivity index (χ1) is 7.38. The topological polar surface area (TPSA) is 52.7 Å². The van der Waals surface area contributed by atoms with E-state index in [4.69, 9.17) is 0 Å². The fourth-order valence-corrected chi connectivity index (χ4v) is 1.53. The van der Waals surface area contributed by atoms with Gasteiger partial charge < -0.3 is 0 Å². The largest absolute Gasteiger partial charge is 0.246 e. The second-order valence-corrected chi connectivity index (χ2v) is 3.09. The molecule has 3 aliphatic rings. The van der Waals surface area contributed by atoms with Gasteiger partial charge in [0.25, 0.3) is 0 Å². The normalized spacial score (nSPS) is 21.2. The average molecular weight is 197 g/mol. The number of amidine groups is 1. The molecule has 0 aromatic rings. The summed E-state index contributed by atoms with van der Waals surface area (Å²) in [6.07, 6.45) is 8.57. The molecule has 0 saturated heterocycles. The predicted octanol–water partition coefficient (Wildman–Crippen LogP) is 1.09. The molecule has 0 N–H and O–H groups in total. The molecule has 15 heavy (non-hydrogen) atoms. The van der Waals surface area contributed by atoms with E-state index in [9.17, 15) is 0 Å². The third kappa shape index (κ3) is 1.10. The van der Waals surface area contributed by atoms with E-state index >= 15 is 0 Å². The van der Waals surface area contributed by atoms with Crippen molar-refractivity contribution in [1.82, 2.24) is 4.90 Å². The van der Waals surface area contributed by atoms with Crippen molar-refractivity contribution in [1.29, 1.82) is 0 Å². The van der Waals surface area contributed by atoms with Crippen LogP contribution in [0.5, 0.6) is 0 Å². The maximum atomic E-state index is 4.16. The number of hydrogen-bond acceptors (Lipinski definition) is 5. The molecule has 3 aliphatic heterocycles. The molecule has 5 heteroatoms. The smallest absolute Gasteiger partial charge is 0.240 e. The number of allylic oxidation sites excluding steroid dienone is 3. The Hall–Kier alpha value is -2.30. The molecule has 0 aromatic heterocycles. The van der Waals surface area contributed by atoms with Crippen LogP contribution in [0.25, 0.3) is 0 Å². The highest BCUT2D eigenvalue weighted by molar-refractivity contribution is 6.16. The van der Waals surface area contributed by atoms with Crippen LogP contribution in [0.1, 0.15) is 0 Å². The third-order valence-corrected chi connectivity index (χ3v) is 2.21. The Morgan fingerprint density at radius 2 is 2.00 bits per heavy atom. The molecule has 0 aliphatic carbocycles. The summed E-state index contributed by atoms with van der Waals surface area (Å²) in [6, 6.07) is 0. The second-order valence-electron chi connectivity index (χ2n) is 3.09. The lowest BCUT2D eigenvalue weighted by atomic mass is 10.1. The lowest BCUT2D eigenvalue weighted by Crippen LogP contribution is -2.39. The lowest BCUT2D eigenvalue weighted by molar-refractivity contribution is 0.713. The monoisotopic (exact) mass is 197 g/mol. The van der Waals surface area contributed by atoms with Gasteiger partial charge >= 0.3 is 0 Å². The Morgan fingerprint density at radius 3 is 2.87 bits per heavy atom.